The van der Waals surface area contributed by atoms with Gasteiger partial charge in [0.1, 0.15) is 0 Å². The summed E-state index contributed by atoms with van der Waals surface area (Å²) >= 11 is 3.34. The molecule has 0 saturated carbocycles. The van der Waals surface area contributed by atoms with Gasteiger partial charge in [-0.05, 0) is 18.8 Å². The van der Waals surface area contributed by atoms with E-state index in [1.54, 1.807) is 5.01 Å². The molecule has 18 heavy (non-hydrogen) atoms. The maximum Gasteiger partial charge on any atom is 0.0873 e. The molecule has 106 valence electrons. The fourth-order valence-electron chi connectivity index (χ4n) is 1.55. The Kier molecular flexibility index (Phi) is 6.96. The molecule has 0 bridgehead atoms. The molecular weight excluding hydrogens is 294 g/mol. The first kappa shape index (κ1) is 17.5. The molecule has 0 aromatic carbocycles. The molecule has 5 N–H and O–H groups in total. The summed E-state index contributed by atoms with van der Waals surface area (Å²) in [6.45, 7) is 10.8. The summed E-state index contributed by atoms with van der Waals surface area (Å²) in [7, 11) is 0. The molecule has 5 heteroatoms. The van der Waals surface area contributed by atoms with Crippen LogP contribution in [0, 0.1) is 5.41 Å². The van der Waals surface area contributed by atoms with E-state index in [2.05, 4.69) is 36.7 Å². The number of nitrogens with two attached hydrogens (primary N) is 2. The van der Waals surface area contributed by atoms with E-state index in [1.165, 1.54) is 0 Å². The van der Waals surface area contributed by atoms with Crippen molar-refractivity contribution in [2.75, 3.05) is 6.54 Å². The number of aliphatic hydroxyl groups excluding tert-OH is 1. The Labute approximate surface area is 119 Å². The molecule has 0 aliphatic rings. The average Bonchev–Trinajstić information content (AvgIpc) is 2.25. The van der Waals surface area contributed by atoms with Crippen molar-refractivity contribution in [2.24, 2.45) is 17.0 Å². The summed E-state index contributed by atoms with van der Waals surface area (Å²) in [5, 5.41) is 11.4. The topological polar surface area (TPSA) is 75.5 Å². The van der Waals surface area contributed by atoms with E-state index in [0.717, 1.165) is 5.70 Å². The third kappa shape index (κ3) is 5.42. The highest BCUT2D eigenvalue weighted by atomic mass is 79.9. The largest absolute Gasteiger partial charge is 0.396 e. The lowest BCUT2D eigenvalue weighted by atomic mass is 9.96. The second-order valence-electron chi connectivity index (χ2n) is 5.55. The summed E-state index contributed by atoms with van der Waals surface area (Å²) < 4.78 is 0.586. The lowest BCUT2D eigenvalue weighted by molar-refractivity contribution is 0.213. The Bertz CT molecular complexity index is 332. The first-order valence-electron chi connectivity index (χ1n) is 6.16. The van der Waals surface area contributed by atoms with E-state index >= 15 is 0 Å². The Hall–Kier alpha value is -0.520. The van der Waals surface area contributed by atoms with Crippen LogP contribution in [0.3, 0.4) is 0 Å². The van der Waals surface area contributed by atoms with Crippen molar-refractivity contribution in [2.45, 2.75) is 47.1 Å². The normalized spacial score (nSPS) is 16.3. The quantitative estimate of drug-likeness (QED) is 0.413. The lowest BCUT2D eigenvalue weighted by Crippen LogP contribution is -2.39. The van der Waals surface area contributed by atoms with E-state index < -0.39 is 6.10 Å². The van der Waals surface area contributed by atoms with Crippen molar-refractivity contribution in [1.82, 2.24) is 5.01 Å². The van der Waals surface area contributed by atoms with Gasteiger partial charge in [0.25, 0.3) is 0 Å². The van der Waals surface area contributed by atoms with Crippen LogP contribution < -0.4 is 11.6 Å². The van der Waals surface area contributed by atoms with Gasteiger partial charge in [0.15, 0.2) is 0 Å². The van der Waals surface area contributed by atoms with Crippen molar-refractivity contribution in [1.29, 1.82) is 0 Å². The average molecular weight is 320 g/mol. The van der Waals surface area contributed by atoms with Gasteiger partial charge >= 0.3 is 0 Å². The van der Waals surface area contributed by atoms with E-state index in [9.17, 15) is 5.11 Å². The Morgan fingerprint density at radius 3 is 2.28 bits per heavy atom. The molecule has 0 aliphatic heterocycles. The summed E-state index contributed by atoms with van der Waals surface area (Å²) in [6.07, 6.45) is 1.86. The van der Waals surface area contributed by atoms with Crippen LogP contribution in [0.4, 0.5) is 0 Å². The predicted octanol–water partition coefficient (Wildman–Crippen LogP) is 2.45. The van der Waals surface area contributed by atoms with Gasteiger partial charge in [-0.1, -0.05) is 49.7 Å². The van der Waals surface area contributed by atoms with E-state index in [-0.39, 0.29) is 5.41 Å². The Morgan fingerprint density at radius 2 is 1.94 bits per heavy atom. The van der Waals surface area contributed by atoms with Gasteiger partial charge in [-0.3, -0.25) is 0 Å². The second kappa shape index (κ2) is 7.16. The van der Waals surface area contributed by atoms with Crippen LogP contribution in [0.25, 0.3) is 0 Å². The van der Waals surface area contributed by atoms with Gasteiger partial charge < -0.3 is 15.8 Å². The molecule has 0 amide bonds. The monoisotopic (exact) mass is 319 g/mol. The third-order valence-electron chi connectivity index (χ3n) is 2.44. The molecule has 0 spiro atoms. The summed E-state index contributed by atoms with van der Waals surface area (Å²) in [5.41, 5.74) is 7.33. The third-order valence-corrected chi connectivity index (χ3v) is 3.40. The molecule has 0 rings (SSSR count). The fourth-order valence-corrected chi connectivity index (χ4v) is 2.08. The standard InChI is InChI=1S/C13H26BrN3O/c1-6-9(17(16)8-13(3,4)5)12(15)11(14)10(18)7-2/h6,10,18H,7-8,15-16H2,1-5H3/b9-6+,12-11-. The highest BCUT2D eigenvalue weighted by Crippen LogP contribution is 2.24. The molecule has 0 fully saturated rings. The van der Waals surface area contributed by atoms with Gasteiger partial charge in [0, 0.05) is 11.0 Å². The zero-order valence-corrected chi connectivity index (χ0v) is 13.6. The SMILES string of the molecule is C/C=C(\C(N)=C(\Br)C(O)CC)N(N)CC(C)(C)C. The number of nitrogens with zero attached hydrogens (tertiary/aromatic N) is 1. The lowest BCUT2D eigenvalue weighted by Gasteiger charge is -2.30. The molecule has 4 nitrogen and oxygen atoms in total. The van der Waals surface area contributed by atoms with Gasteiger partial charge in [-0.25, -0.2) is 5.84 Å². The maximum atomic E-state index is 9.78. The zero-order chi connectivity index (χ0) is 14.5. The van der Waals surface area contributed by atoms with Crippen LogP contribution in [-0.2, 0) is 0 Å². The van der Waals surface area contributed by atoms with Crippen LogP contribution in [0.2, 0.25) is 0 Å². The van der Waals surface area contributed by atoms with E-state index in [1.807, 2.05) is 19.9 Å². The number of allylic oxidation sites excluding steroid dienone is 1. The summed E-state index contributed by atoms with van der Waals surface area (Å²) in [4.78, 5) is 0. The number of hydrogen-bond donors (Lipinski definition) is 3. The van der Waals surface area contributed by atoms with Crippen molar-refractivity contribution in [3.63, 3.8) is 0 Å². The highest BCUT2D eigenvalue weighted by molar-refractivity contribution is 9.11. The van der Waals surface area contributed by atoms with Crippen LogP contribution in [0.15, 0.2) is 22.0 Å². The van der Waals surface area contributed by atoms with E-state index in [0.29, 0.717) is 23.1 Å². The molecule has 0 saturated heterocycles. The maximum absolute atomic E-state index is 9.78. The summed E-state index contributed by atoms with van der Waals surface area (Å²) in [6, 6.07) is 0. The molecular formula is C13H26BrN3O. The highest BCUT2D eigenvalue weighted by Gasteiger charge is 2.20. The van der Waals surface area contributed by atoms with Crippen LogP contribution in [-0.4, -0.2) is 22.8 Å². The first-order valence-corrected chi connectivity index (χ1v) is 6.95. The van der Waals surface area contributed by atoms with Crippen molar-refractivity contribution < 1.29 is 5.11 Å². The first-order chi connectivity index (χ1) is 8.14. The fraction of sp³-hybridized carbons (Fsp3) is 0.692. The van der Waals surface area contributed by atoms with E-state index in [4.69, 9.17) is 11.6 Å². The minimum absolute atomic E-state index is 0.0686. The number of hydrogen-bond acceptors (Lipinski definition) is 4. The summed E-state index contributed by atoms with van der Waals surface area (Å²) in [5.74, 6) is 6.04. The Balaban J connectivity index is 5.12. The minimum Gasteiger partial charge on any atom is -0.396 e. The molecule has 0 aromatic heterocycles. The molecule has 0 aliphatic carbocycles. The van der Waals surface area contributed by atoms with Gasteiger partial charge in [0.2, 0.25) is 0 Å². The molecule has 0 radical (unpaired) electrons. The molecule has 1 unspecified atom stereocenters. The number of hydrazine groups is 1. The minimum atomic E-state index is -0.594. The zero-order valence-electron chi connectivity index (χ0n) is 12.0. The predicted molar refractivity (Wildman–Crippen MR) is 80.5 cm³/mol. The van der Waals surface area contributed by atoms with Crippen molar-refractivity contribution in [3.05, 3.63) is 22.0 Å². The van der Waals surface area contributed by atoms with Crippen molar-refractivity contribution in [3.8, 4) is 0 Å². The van der Waals surface area contributed by atoms with Crippen LogP contribution in [0.5, 0.6) is 0 Å². The van der Waals surface area contributed by atoms with Crippen LogP contribution >= 0.6 is 15.9 Å². The number of aliphatic hydroxyl groups is 1. The van der Waals surface area contributed by atoms with Gasteiger partial charge in [0.05, 0.1) is 17.5 Å². The van der Waals surface area contributed by atoms with Crippen LogP contribution in [0.1, 0.15) is 41.0 Å². The molecule has 1 atom stereocenters. The smallest absolute Gasteiger partial charge is 0.0873 e. The molecule has 0 aromatic rings. The Morgan fingerprint density at radius 1 is 1.44 bits per heavy atom. The van der Waals surface area contributed by atoms with Crippen molar-refractivity contribution >= 4 is 15.9 Å². The second-order valence-corrected chi connectivity index (χ2v) is 6.40. The molecule has 0 heterocycles. The van der Waals surface area contributed by atoms with Gasteiger partial charge in [-0.15, -0.1) is 0 Å². The van der Waals surface area contributed by atoms with Gasteiger partial charge in [-0.2, -0.15) is 0 Å². The number of halogens is 1. The number of rotatable bonds is 5.